The number of halogens is 3. The van der Waals surface area contributed by atoms with E-state index in [0.717, 1.165) is 36.9 Å². The molecule has 1 aliphatic heterocycles. The Morgan fingerprint density at radius 2 is 2.00 bits per heavy atom. The maximum absolute atomic E-state index is 12.9. The fraction of sp³-hybridized carbons (Fsp3) is 0.217. The minimum absolute atomic E-state index is 0. The minimum atomic E-state index is -0.395. The van der Waals surface area contributed by atoms with Crippen LogP contribution in [0, 0.1) is 5.82 Å². The summed E-state index contributed by atoms with van der Waals surface area (Å²) in [4.78, 5) is 16.7. The van der Waals surface area contributed by atoms with Crippen LogP contribution in [0.4, 0.5) is 4.39 Å². The Labute approximate surface area is 196 Å². The van der Waals surface area contributed by atoms with Gasteiger partial charge in [-0.25, -0.2) is 4.39 Å². The highest BCUT2D eigenvalue weighted by Crippen LogP contribution is 2.29. The summed E-state index contributed by atoms with van der Waals surface area (Å²) in [6.45, 7) is 2.03. The van der Waals surface area contributed by atoms with Crippen molar-refractivity contribution in [1.29, 1.82) is 0 Å². The molecule has 0 bridgehead atoms. The Morgan fingerprint density at radius 1 is 1.16 bits per heavy atom. The average molecular weight is 477 g/mol. The van der Waals surface area contributed by atoms with Gasteiger partial charge in [0.2, 0.25) is 0 Å². The third kappa shape index (κ3) is 4.37. The van der Waals surface area contributed by atoms with Crippen molar-refractivity contribution in [1.82, 2.24) is 19.4 Å². The lowest BCUT2D eigenvalue weighted by Crippen LogP contribution is -2.24. The summed E-state index contributed by atoms with van der Waals surface area (Å²) in [6, 6.07) is 12.2. The number of pyridine rings is 2. The van der Waals surface area contributed by atoms with Crippen LogP contribution in [0.2, 0.25) is 0 Å². The van der Waals surface area contributed by atoms with Crippen molar-refractivity contribution in [3.05, 3.63) is 88.0 Å². The molecule has 0 radical (unpaired) electrons. The lowest BCUT2D eigenvalue weighted by molar-refractivity contribution is 0.300. The molecule has 3 aromatic heterocycles. The van der Waals surface area contributed by atoms with Crippen LogP contribution in [-0.2, 0) is 26.6 Å². The van der Waals surface area contributed by atoms with E-state index >= 15 is 0 Å². The largest absolute Gasteiger partial charge is 0.487 e. The second-order valence-electron chi connectivity index (χ2n) is 7.44. The first kappa shape index (κ1) is 23.8. The van der Waals surface area contributed by atoms with Crippen LogP contribution in [0.3, 0.4) is 0 Å². The molecule has 1 N–H and O–H groups in total. The molecule has 4 heterocycles. The highest BCUT2D eigenvalue weighted by Gasteiger charge is 2.18. The molecule has 4 aromatic rings. The average Bonchev–Trinajstić information content (AvgIpc) is 3.05. The zero-order valence-electron chi connectivity index (χ0n) is 17.4. The Morgan fingerprint density at radius 3 is 2.75 bits per heavy atom. The van der Waals surface area contributed by atoms with Gasteiger partial charge in [-0.2, -0.15) is 0 Å². The number of hydrogen-bond acceptors (Lipinski definition) is 4. The summed E-state index contributed by atoms with van der Waals surface area (Å²) < 4.78 is 22.4. The Bertz CT molecular complexity index is 1300. The Hall–Kier alpha value is -2.87. The predicted octanol–water partition coefficient (Wildman–Crippen LogP) is 3.93. The standard InChI is InChI=1S/C23H21FN4O2.2ClH/c1-27-21-6-8-25-13-20(21)19-5-4-17(10-22(19)27)28-9-7-18(11-23(28)29)30-14-16-3-2-15(24)12-26-16;;/h2-5,7,9-12,25H,6,8,13-14H2,1H3;2*1H. The number of fused-ring (bicyclic) bond motifs is 3. The van der Waals surface area contributed by atoms with Crippen LogP contribution in [-0.4, -0.2) is 20.7 Å². The monoisotopic (exact) mass is 476 g/mol. The zero-order valence-corrected chi connectivity index (χ0v) is 19.0. The molecule has 0 saturated heterocycles. The van der Waals surface area contributed by atoms with Crippen LogP contribution in [0.15, 0.2) is 59.7 Å². The normalized spacial score (nSPS) is 12.6. The molecule has 1 aliphatic rings. The van der Waals surface area contributed by atoms with Gasteiger partial charge >= 0.3 is 0 Å². The van der Waals surface area contributed by atoms with Gasteiger partial charge < -0.3 is 14.6 Å². The van der Waals surface area contributed by atoms with E-state index in [-0.39, 0.29) is 37.0 Å². The minimum Gasteiger partial charge on any atom is -0.487 e. The van der Waals surface area contributed by atoms with Crippen molar-refractivity contribution >= 4 is 35.7 Å². The number of ether oxygens (including phenoxy) is 1. The van der Waals surface area contributed by atoms with Crippen molar-refractivity contribution in [3.8, 4) is 11.4 Å². The van der Waals surface area contributed by atoms with Gasteiger partial charge in [-0.05, 0) is 35.9 Å². The molecular formula is C23H23Cl2FN4O2. The highest BCUT2D eigenvalue weighted by molar-refractivity contribution is 5.87. The summed E-state index contributed by atoms with van der Waals surface area (Å²) in [5.41, 5.74) is 5.04. The van der Waals surface area contributed by atoms with Crippen molar-refractivity contribution in [2.24, 2.45) is 7.05 Å². The van der Waals surface area contributed by atoms with Gasteiger partial charge in [0.1, 0.15) is 18.2 Å². The van der Waals surface area contributed by atoms with Crippen LogP contribution in [0.5, 0.6) is 5.75 Å². The first-order valence-corrected chi connectivity index (χ1v) is 9.87. The SMILES string of the molecule is Cl.Cl.Cn1c2c(c3ccc(-n4ccc(OCc5ccc(F)cn5)cc4=O)cc31)CNCC2. The molecule has 32 heavy (non-hydrogen) atoms. The second-order valence-corrected chi connectivity index (χ2v) is 7.44. The maximum atomic E-state index is 12.9. The summed E-state index contributed by atoms with van der Waals surface area (Å²) in [7, 11) is 2.08. The number of benzene rings is 1. The van der Waals surface area contributed by atoms with E-state index in [1.54, 1.807) is 22.9 Å². The van der Waals surface area contributed by atoms with E-state index in [2.05, 4.69) is 34.0 Å². The quantitative estimate of drug-likeness (QED) is 0.484. The lowest BCUT2D eigenvalue weighted by atomic mass is 10.1. The predicted molar refractivity (Wildman–Crippen MR) is 127 cm³/mol. The van der Waals surface area contributed by atoms with E-state index in [9.17, 15) is 9.18 Å². The number of aromatic nitrogens is 3. The summed E-state index contributed by atoms with van der Waals surface area (Å²) in [5.74, 6) is 0.0533. The van der Waals surface area contributed by atoms with Gasteiger partial charge in [0.25, 0.3) is 5.56 Å². The highest BCUT2D eigenvalue weighted by atomic mass is 35.5. The van der Waals surface area contributed by atoms with Crippen LogP contribution < -0.4 is 15.6 Å². The number of hydrogen-bond donors (Lipinski definition) is 1. The lowest BCUT2D eigenvalue weighted by Gasteiger charge is -2.14. The molecule has 0 unspecified atom stereocenters. The van der Waals surface area contributed by atoms with Gasteiger partial charge in [0, 0.05) is 49.9 Å². The smallest absolute Gasteiger partial charge is 0.258 e. The molecule has 168 valence electrons. The van der Waals surface area contributed by atoms with E-state index in [1.807, 2.05) is 6.07 Å². The summed E-state index contributed by atoms with van der Waals surface area (Å²) in [6.07, 6.45) is 3.86. The van der Waals surface area contributed by atoms with Gasteiger partial charge in [0.05, 0.1) is 23.1 Å². The van der Waals surface area contributed by atoms with Crippen molar-refractivity contribution in [3.63, 3.8) is 0 Å². The zero-order chi connectivity index (χ0) is 20.7. The van der Waals surface area contributed by atoms with Gasteiger partial charge in [-0.1, -0.05) is 6.07 Å². The van der Waals surface area contributed by atoms with Crippen LogP contribution in [0.25, 0.3) is 16.6 Å². The van der Waals surface area contributed by atoms with E-state index in [0.29, 0.717) is 11.4 Å². The number of nitrogens with zero attached hydrogens (tertiary/aromatic N) is 3. The Kier molecular flexibility index (Phi) is 7.23. The van der Waals surface area contributed by atoms with E-state index < -0.39 is 5.82 Å². The van der Waals surface area contributed by atoms with Crippen LogP contribution in [0.1, 0.15) is 17.0 Å². The van der Waals surface area contributed by atoms with Gasteiger partial charge in [0.15, 0.2) is 0 Å². The van der Waals surface area contributed by atoms with Gasteiger partial charge in [-0.3, -0.25) is 14.3 Å². The van der Waals surface area contributed by atoms with Crippen molar-refractivity contribution in [2.75, 3.05) is 6.54 Å². The Balaban J connectivity index is 0.00000144. The molecule has 0 spiro atoms. The second kappa shape index (κ2) is 9.73. The molecule has 0 saturated carbocycles. The molecule has 9 heteroatoms. The first-order valence-electron chi connectivity index (χ1n) is 9.87. The van der Waals surface area contributed by atoms with Gasteiger partial charge in [-0.15, -0.1) is 24.8 Å². The first-order chi connectivity index (χ1) is 14.6. The molecule has 0 fully saturated rings. The van der Waals surface area contributed by atoms with Crippen LogP contribution >= 0.6 is 24.8 Å². The molecule has 1 aromatic carbocycles. The number of rotatable bonds is 4. The molecule has 0 aliphatic carbocycles. The summed E-state index contributed by atoms with van der Waals surface area (Å²) in [5, 5.41) is 4.65. The third-order valence-corrected chi connectivity index (χ3v) is 5.61. The fourth-order valence-corrected chi connectivity index (χ4v) is 4.05. The number of aryl methyl sites for hydroxylation is 1. The summed E-state index contributed by atoms with van der Waals surface area (Å²) >= 11 is 0. The molecule has 6 nitrogen and oxygen atoms in total. The van der Waals surface area contributed by atoms with Crippen molar-refractivity contribution < 1.29 is 9.13 Å². The maximum Gasteiger partial charge on any atom is 0.258 e. The topological polar surface area (TPSA) is 61.1 Å². The fourth-order valence-electron chi connectivity index (χ4n) is 4.05. The van der Waals surface area contributed by atoms with E-state index in [1.165, 1.54) is 28.8 Å². The molecule has 0 amide bonds. The molecule has 5 rings (SSSR count). The molecular weight excluding hydrogens is 454 g/mol. The van der Waals surface area contributed by atoms with E-state index in [4.69, 9.17) is 4.74 Å². The number of nitrogens with one attached hydrogen (secondary N) is 1. The third-order valence-electron chi connectivity index (χ3n) is 5.61. The molecule has 0 atom stereocenters. The van der Waals surface area contributed by atoms with Crippen molar-refractivity contribution in [2.45, 2.75) is 19.6 Å².